The summed E-state index contributed by atoms with van der Waals surface area (Å²) >= 11 is 11.9. The monoisotopic (exact) mass is 382 g/mol. The summed E-state index contributed by atoms with van der Waals surface area (Å²) in [5.74, 6) is -0.445. The molecule has 0 atom stereocenters. The van der Waals surface area contributed by atoms with Gasteiger partial charge >= 0.3 is 0 Å². The Hall–Kier alpha value is -2.02. The van der Waals surface area contributed by atoms with Crippen LogP contribution in [0, 0.1) is 6.92 Å². The molecule has 2 aromatic carbocycles. The molecule has 2 N–H and O–H groups in total. The number of aromatic nitrogens is 1. The first-order chi connectivity index (χ1) is 11.3. The predicted octanol–water partition coefficient (Wildman–Crippen LogP) is 4.36. The normalized spacial score (nSPS) is 11.6. The van der Waals surface area contributed by atoms with Gasteiger partial charge in [0, 0.05) is 21.8 Å². The van der Waals surface area contributed by atoms with Crippen molar-refractivity contribution in [2.75, 3.05) is 4.72 Å². The predicted molar refractivity (Wildman–Crippen MR) is 95.4 cm³/mol. The van der Waals surface area contributed by atoms with E-state index >= 15 is 0 Å². The summed E-state index contributed by atoms with van der Waals surface area (Å²) < 4.78 is 27.6. The van der Waals surface area contributed by atoms with Crippen molar-refractivity contribution in [3.8, 4) is 5.75 Å². The summed E-state index contributed by atoms with van der Waals surface area (Å²) in [7, 11) is -4.05. The first-order valence-electron chi connectivity index (χ1n) is 6.85. The zero-order chi connectivity index (χ0) is 17.5. The molecule has 0 amide bonds. The van der Waals surface area contributed by atoms with Gasteiger partial charge in [-0.15, -0.1) is 0 Å². The number of sulfonamides is 1. The zero-order valence-electron chi connectivity index (χ0n) is 12.4. The van der Waals surface area contributed by atoms with Gasteiger partial charge in [-0.25, -0.2) is 13.4 Å². The Morgan fingerprint density at radius 2 is 1.75 bits per heavy atom. The van der Waals surface area contributed by atoms with Crippen molar-refractivity contribution in [3.63, 3.8) is 0 Å². The maximum Gasteiger partial charge on any atom is 0.265 e. The third-order valence-corrected chi connectivity index (χ3v) is 5.35. The minimum atomic E-state index is -4.05. The lowest BCUT2D eigenvalue weighted by Crippen LogP contribution is -2.13. The van der Waals surface area contributed by atoms with Crippen LogP contribution in [0.5, 0.6) is 5.75 Å². The minimum Gasteiger partial charge on any atom is -0.504 e. The standard InChI is InChI=1S/C16H12Cl2N2O3S/c1-9-2-7-12-13(18)8-14(16(21)15(12)19-9)24(22,23)20-11-5-3-10(17)4-6-11/h2-8,20-21H,1H3. The van der Waals surface area contributed by atoms with E-state index in [0.717, 1.165) is 0 Å². The highest BCUT2D eigenvalue weighted by Crippen LogP contribution is 2.36. The maximum atomic E-state index is 12.6. The number of pyridine rings is 1. The van der Waals surface area contributed by atoms with Crippen molar-refractivity contribution in [2.45, 2.75) is 11.8 Å². The molecule has 1 heterocycles. The van der Waals surface area contributed by atoms with Crippen molar-refractivity contribution >= 4 is 49.8 Å². The lowest BCUT2D eigenvalue weighted by molar-refractivity contribution is 0.464. The van der Waals surface area contributed by atoms with Gasteiger partial charge in [-0.05, 0) is 49.4 Å². The molecule has 8 heteroatoms. The highest BCUT2D eigenvalue weighted by Gasteiger charge is 2.23. The molecule has 0 radical (unpaired) electrons. The molecule has 0 bridgehead atoms. The molecule has 5 nitrogen and oxygen atoms in total. The van der Waals surface area contributed by atoms with E-state index in [9.17, 15) is 13.5 Å². The van der Waals surface area contributed by atoms with E-state index in [1.54, 1.807) is 31.2 Å². The van der Waals surface area contributed by atoms with Crippen molar-refractivity contribution in [1.82, 2.24) is 4.98 Å². The summed E-state index contributed by atoms with van der Waals surface area (Å²) in [5, 5.41) is 11.5. The summed E-state index contributed by atoms with van der Waals surface area (Å²) in [6.45, 7) is 1.74. The number of hydrogen-bond acceptors (Lipinski definition) is 4. The van der Waals surface area contributed by atoms with E-state index in [4.69, 9.17) is 23.2 Å². The van der Waals surface area contributed by atoms with E-state index in [2.05, 4.69) is 9.71 Å². The summed E-state index contributed by atoms with van der Waals surface area (Å²) in [6, 6.07) is 10.8. The Labute approximate surface area is 148 Å². The average Bonchev–Trinajstić information content (AvgIpc) is 2.52. The van der Waals surface area contributed by atoms with Gasteiger partial charge in [0.1, 0.15) is 10.4 Å². The number of anilines is 1. The van der Waals surface area contributed by atoms with Crippen molar-refractivity contribution in [1.29, 1.82) is 0 Å². The van der Waals surface area contributed by atoms with Crippen LogP contribution in [-0.2, 0) is 10.0 Å². The molecule has 0 saturated carbocycles. The number of aryl methyl sites for hydroxylation is 1. The molecule has 0 fully saturated rings. The number of nitrogens with zero attached hydrogens (tertiary/aromatic N) is 1. The molecule has 3 aromatic rings. The van der Waals surface area contributed by atoms with Gasteiger partial charge < -0.3 is 5.11 Å². The van der Waals surface area contributed by atoms with Gasteiger partial charge in [0.15, 0.2) is 5.75 Å². The smallest absolute Gasteiger partial charge is 0.265 e. The number of phenols is 1. The van der Waals surface area contributed by atoms with E-state index in [1.807, 2.05) is 0 Å². The third-order valence-electron chi connectivity index (χ3n) is 3.39. The van der Waals surface area contributed by atoms with Crippen LogP contribution in [0.15, 0.2) is 47.4 Å². The minimum absolute atomic E-state index is 0.138. The number of rotatable bonds is 3. The fourth-order valence-corrected chi connectivity index (χ4v) is 3.87. The number of phenolic OH excluding ortho intramolecular Hbond substituents is 1. The Morgan fingerprint density at radius 1 is 1.08 bits per heavy atom. The molecule has 0 saturated heterocycles. The SMILES string of the molecule is Cc1ccc2c(Cl)cc(S(=O)(=O)Nc3ccc(Cl)cc3)c(O)c2n1. The van der Waals surface area contributed by atoms with Crippen molar-refractivity contribution in [3.05, 3.63) is 58.2 Å². The molecule has 0 spiro atoms. The largest absolute Gasteiger partial charge is 0.504 e. The number of hydrogen-bond donors (Lipinski definition) is 2. The van der Waals surface area contributed by atoms with Gasteiger partial charge in [-0.3, -0.25) is 4.72 Å². The van der Waals surface area contributed by atoms with Crippen LogP contribution >= 0.6 is 23.2 Å². The van der Waals surface area contributed by atoms with E-state index < -0.39 is 15.8 Å². The van der Waals surface area contributed by atoms with Crippen LogP contribution in [0.2, 0.25) is 10.0 Å². The van der Waals surface area contributed by atoms with Gasteiger partial charge in [0.25, 0.3) is 10.0 Å². The molecule has 1 aromatic heterocycles. The second kappa shape index (κ2) is 6.12. The molecule has 0 aliphatic rings. The lowest BCUT2D eigenvalue weighted by atomic mass is 10.2. The number of nitrogens with one attached hydrogen (secondary N) is 1. The topological polar surface area (TPSA) is 79.3 Å². The fourth-order valence-electron chi connectivity index (χ4n) is 2.24. The first kappa shape index (κ1) is 16.8. The number of aromatic hydroxyl groups is 1. The van der Waals surface area contributed by atoms with E-state index in [-0.39, 0.29) is 15.4 Å². The number of halogens is 2. The van der Waals surface area contributed by atoms with Crippen LogP contribution in [0.4, 0.5) is 5.69 Å². The van der Waals surface area contributed by atoms with Gasteiger partial charge in [-0.2, -0.15) is 0 Å². The van der Waals surface area contributed by atoms with Crippen LogP contribution in [0.3, 0.4) is 0 Å². The molecule has 24 heavy (non-hydrogen) atoms. The Balaban J connectivity index is 2.13. The number of fused-ring (bicyclic) bond motifs is 1. The Kier molecular flexibility index (Phi) is 4.29. The quantitative estimate of drug-likeness (QED) is 0.705. The van der Waals surface area contributed by atoms with E-state index in [0.29, 0.717) is 21.8 Å². The van der Waals surface area contributed by atoms with Crippen LogP contribution in [0.1, 0.15) is 5.69 Å². The molecule has 0 aliphatic heterocycles. The maximum absolute atomic E-state index is 12.6. The average molecular weight is 383 g/mol. The van der Waals surface area contributed by atoms with Gasteiger partial charge in [0.2, 0.25) is 0 Å². The highest BCUT2D eigenvalue weighted by atomic mass is 35.5. The fraction of sp³-hybridized carbons (Fsp3) is 0.0625. The van der Waals surface area contributed by atoms with Crippen molar-refractivity contribution in [2.24, 2.45) is 0 Å². The summed E-state index contributed by atoms with van der Waals surface area (Å²) in [6.07, 6.45) is 0. The molecule has 0 aliphatic carbocycles. The Morgan fingerprint density at radius 3 is 2.42 bits per heavy atom. The second-order valence-electron chi connectivity index (χ2n) is 5.17. The second-order valence-corrected chi connectivity index (χ2v) is 7.66. The first-order valence-corrected chi connectivity index (χ1v) is 9.09. The molecule has 0 unspecified atom stereocenters. The lowest BCUT2D eigenvalue weighted by Gasteiger charge is -2.12. The van der Waals surface area contributed by atoms with Gasteiger partial charge in [-0.1, -0.05) is 23.2 Å². The Bertz CT molecular complexity index is 1040. The summed E-state index contributed by atoms with van der Waals surface area (Å²) in [4.78, 5) is 3.84. The number of benzene rings is 2. The third kappa shape index (κ3) is 3.13. The van der Waals surface area contributed by atoms with Gasteiger partial charge in [0.05, 0.1) is 5.02 Å². The van der Waals surface area contributed by atoms with E-state index in [1.165, 1.54) is 18.2 Å². The van der Waals surface area contributed by atoms with Crippen LogP contribution in [0.25, 0.3) is 10.9 Å². The zero-order valence-corrected chi connectivity index (χ0v) is 14.7. The van der Waals surface area contributed by atoms with Crippen molar-refractivity contribution < 1.29 is 13.5 Å². The molecular formula is C16H12Cl2N2O3S. The highest BCUT2D eigenvalue weighted by molar-refractivity contribution is 7.92. The van der Waals surface area contributed by atoms with Crippen LogP contribution in [-0.4, -0.2) is 18.5 Å². The molecular weight excluding hydrogens is 371 g/mol. The summed E-state index contributed by atoms with van der Waals surface area (Å²) in [5.41, 5.74) is 1.08. The molecule has 3 rings (SSSR count). The molecule has 124 valence electrons. The van der Waals surface area contributed by atoms with Crippen LogP contribution < -0.4 is 4.72 Å².